The average Bonchev–Trinajstić information content (AvgIpc) is 2.45. The summed E-state index contributed by atoms with van der Waals surface area (Å²) in [5, 5.41) is 22.5. The number of aromatic carboxylic acids is 1. The van der Waals surface area contributed by atoms with Crippen LogP contribution in [0.3, 0.4) is 0 Å². The van der Waals surface area contributed by atoms with Crippen molar-refractivity contribution in [3.8, 4) is 0 Å². The number of carboxylic acid groups (broad SMARTS) is 1. The molecule has 0 aliphatic carbocycles. The van der Waals surface area contributed by atoms with Crippen LogP contribution in [0.5, 0.6) is 0 Å². The summed E-state index contributed by atoms with van der Waals surface area (Å²) in [6.07, 6.45) is 2.62. The van der Waals surface area contributed by atoms with Gasteiger partial charge in [0.2, 0.25) is 0 Å². The third-order valence-corrected chi connectivity index (χ3v) is 2.48. The second kappa shape index (κ2) is 5.74. The molecule has 0 aromatic carbocycles. The molecule has 0 unspecified atom stereocenters. The minimum atomic E-state index is -1.29. The van der Waals surface area contributed by atoms with Crippen molar-refractivity contribution in [3.05, 3.63) is 58.0 Å². The van der Waals surface area contributed by atoms with Gasteiger partial charge in [-0.3, -0.25) is 15.1 Å². The van der Waals surface area contributed by atoms with Crippen molar-refractivity contribution in [2.24, 2.45) is 0 Å². The molecular weight excluding hydrogens is 264 g/mol. The molecule has 102 valence electrons. The minimum Gasteiger partial charge on any atom is -0.478 e. The van der Waals surface area contributed by atoms with Gasteiger partial charge in [0.15, 0.2) is 0 Å². The van der Waals surface area contributed by atoms with Crippen LogP contribution in [0.25, 0.3) is 0 Å². The van der Waals surface area contributed by atoms with Gasteiger partial charge in [-0.15, -0.1) is 0 Å². The number of hydrogen-bond donors (Lipinski definition) is 2. The van der Waals surface area contributed by atoms with Crippen molar-refractivity contribution in [2.75, 3.05) is 5.32 Å². The van der Waals surface area contributed by atoms with Crippen molar-refractivity contribution in [1.82, 2.24) is 9.97 Å². The van der Waals surface area contributed by atoms with Gasteiger partial charge in [0.1, 0.15) is 17.6 Å². The van der Waals surface area contributed by atoms with Gasteiger partial charge < -0.3 is 10.4 Å². The summed E-state index contributed by atoms with van der Waals surface area (Å²) in [5.41, 5.74) is 0.0740. The van der Waals surface area contributed by atoms with E-state index in [-0.39, 0.29) is 23.6 Å². The van der Waals surface area contributed by atoms with E-state index < -0.39 is 10.9 Å². The molecule has 2 N–H and O–H groups in total. The van der Waals surface area contributed by atoms with Crippen LogP contribution in [-0.2, 0) is 6.54 Å². The van der Waals surface area contributed by atoms with E-state index in [1.165, 1.54) is 0 Å². The Morgan fingerprint density at radius 1 is 1.40 bits per heavy atom. The first-order chi connectivity index (χ1) is 9.58. The molecule has 8 nitrogen and oxygen atoms in total. The maximum Gasteiger partial charge on any atom is 0.339 e. The van der Waals surface area contributed by atoms with Crippen LogP contribution >= 0.6 is 0 Å². The number of aromatic nitrogens is 2. The van der Waals surface area contributed by atoms with E-state index in [1.807, 2.05) is 0 Å². The lowest BCUT2D eigenvalue weighted by Crippen LogP contribution is -2.09. The normalized spacial score (nSPS) is 10.0. The molecule has 0 radical (unpaired) electrons. The number of carbonyl (C=O) groups is 1. The van der Waals surface area contributed by atoms with E-state index in [1.54, 1.807) is 24.4 Å². The molecule has 0 amide bonds. The van der Waals surface area contributed by atoms with Gasteiger partial charge in [0, 0.05) is 12.3 Å². The third kappa shape index (κ3) is 3.05. The molecule has 2 rings (SSSR count). The highest BCUT2D eigenvalue weighted by Gasteiger charge is 2.17. The second-order valence-electron chi connectivity index (χ2n) is 3.83. The Hall–Kier alpha value is -3.03. The summed E-state index contributed by atoms with van der Waals surface area (Å²) < 4.78 is 0. The Labute approximate surface area is 113 Å². The molecule has 2 aromatic rings. The highest BCUT2D eigenvalue weighted by molar-refractivity contribution is 5.93. The van der Waals surface area contributed by atoms with Crippen molar-refractivity contribution in [3.63, 3.8) is 0 Å². The molecule has 0 aliphatic heterocycles. The predicted molar refractivity (Wildman–Crippen MR) is 69.4 cm³/mol. The molecule has 0 atom stereocenters. The van der Waals surface area contributed by atoms with Crippen LogP contribution in [0.4, 0.5) is 11.5 Å². The summed E-state index contributed by atoms with van der Waals surface area (Å²) >= 11 is 0. The number of rotatable bonds is 5. The lowest BCUT2D eigenvalue weighted by atomic mass is 10.2. The first-order valence-corrected chi connectivity index (χ1v) is 5.59. The Balaban J connectivity index is 2.23. The SMILES string of the molecule is O=C(O)c1cc([N+](=O)[O-])cnc1NCc1ccccn1. The summed E-state index contributed by atoms with van der Waals surface area (Å²) in [5.74, 6) is -1.22. The number of anilines is 1. The topological polar surface area (TPSA) is 118 Å². The van der Waals surface area contributed by atoms with Crippen LogP contribution in [0.1, 0.15) is 16.1 Å². The Morgan fingerprint density at radius 3 is 2.80 bits per heavy atom. The van der Waals surface area contributed by atoms with Crippen molar-refractivity contribution >= 4 is 17.5 Å². The maximum atomic E-state index is 11.1. The lowest BCUT2D eigenvalue weighted by molar-refractivity contribution is -0.385. The molecule has 0 fully saturated rings. The lowest BCUT2D eigenvalue weighted by Gasteiger charge is -2.07. The van der Waals surface area contributed by atoms with Crippen LogP contribution < -0.4 is 5.32 Å². The molecule has 0 spiro atoms. The quantitative estimate of drug-likeness (QED) is 0.629. The number of nitrogens with zero attached hydrogens (tertiary/aromatic N) is 3. The number of pyridine rings is 2. The number of carboxylic acids is 1. The fourth-order valence-electron chi connectivity index (χ4n) is 1.53. The minimum absolute atomic E-state index is 0.0637. The van der Waals surface area contributed by atoms with E-state index in [0.717, 1.165) is 12.3 Å². The smallest absolute Gasteiger partial charge is 0.339 e. The Bertz CT molecular complexity index is 645. The van der Waals surface area contributed by atoms with E-state index in [0.29, 0.717) is 5.69 Å². The van der Waals surface area contributed by atoms with Gasteiger partial charge in [-0.25, -0.2) is 9.78 Å². The van der Waals surface area contributed by atoms with Gasteiger partial charge >= 0.3 is 5.97 Å². The van der Waals surface area contributed by atoms with E-state index in [9.17, 15) is 14.9 Å². The maximum absolute atomic E-state index is 11.1. The standard InChI is InChI=1S/C12H10N4O4/c17-12(18)10-5-9(16(19)20)7-15-11(10)14-6-8-3-1-2-4-13-8/h1-5,7H,6H2,(H,14,15)(H,17,18). The van der Waals surface area contributed by atoms with Gasteiger partial charge in [-0.05, 0) is 12.1 Å². The van der Waals surface area contributed by atoms with Crippen LogP contribution in [0.15, 0.2) is 36.7 Å². The molecule has 0 aliphatic rings. The van der Waals surface area contributed by atoms with E-state index in [4.69, 9.17) is 5.11 Å². The zero-order valence-electron chi connectivity index (χ0n) is 10.2. The zero-order chi connectivity index (χ0) is 14.5. The molecule has 8 heteroatoms. The fourth-order valence-corrected chi connectivity index (χ4v) is 1.53. The molecule has 20 heavy (non-hydrogen) atoms. The van der Waals surface area contributed by atoms with Gasteiger partial charge in [0.25, 0.3) is 5.69 Å². The zero-order valence-corrected chi connectivity index (χ0v) is 10.2. The largest absolute Gasteiger partial charge is 0.478 e. The Kier molecular flexibility index (Phi) is 3.85. The molecule has 0 saturated heterocycles. The summed E-state index contributed by atoms with van der Waals surface area (Å²) in [4.78, 5) is 28.8. The third-order valence-electron chi connectivity index (χ3n) is 2.48. The predicted octanol–water partition coefficient (Wildman–Crippen LogP) is 1.70. The highest BCUT2D eigenvalue weighted by Crippen LogP contribution is 2.19. The van der Waals surface area contributed by atoms with Crippen LogP contribution in [0, 0.1) is 10.1 Å². The molecule has 0 bridgehead atoms. The van der Waals surface area contributed by atoms with Gasteiger partial charge in [0.05, 0.1) is 17.2 Å². The number of nitro groups is 1. The summed E-state index contributed by atoms with van der Waals surface area (Å²) in [6.45, 7) is 0.270. The monoisotopic (exact) mass is 274 g/mol. The van der Waals surface area contributed by atoms with E-state index >= 15 is 0 Å². The average molecular weight is 274 g/mol. The van der Waals surface area contributed by atoms with Crippen LogP contribution in [-0.4, -0.2) is 26.0 Å². The van der Waals surface area contributed by atoms with Crippen molar-refractivity contribution in [1.29, 1.82) is 0 Å². The van der Waals surface area contributed by atoms with Gasteiger partial charge in [-0.2, -0.15) is 0 Å². The first kappa shape index (κ1) is 13.4. The molecular formula is C12H10N4O4. The summed E-state index contributed by atoms with van der Waals surface area (Å²) in [7, 11) is 0. The number of nitrogens with one attached hydrogen (secondary N) is 1. The fraction of sp³-hybridized carbons (Fsp3) is 0.0833. The van der Waals surface area contributed by atoms with Crippen LogP contribution in [0.2, 0.25) is 0 Å². The van der Waals surface area contributed by atoms with Gasteiger partial charge in [-0.1, -0.05) is 6.07 Å². The second-order valence-corrected chi connectivity index (χ2v) is 3.83. The summed E-state index contributed by atoms with van der Waals surface area (Å²) in [6, 6.07) is 6.29. The highest BCUT2D eigenvalue weighted by atomic mass is 16.6. The van der Waals surface area contributed by atoms with E-state index in [2.05, 4.69) is 15.3 Å². The molecule has 2 heterocycles. The Morgan fingerprint density at radius 2 is 2.20 bits per heavy atom. The van der Waals surface area contributed by atoms with Crippen molar-refractivity contribution < 1.29 is 14.8 Å². The molecule has 0 saturated carbocycles. The first-order valence-electron chi connectivity index (χ1n) is 5.59. The molecule has 2 aromatic heterocycles. The number of hydrogen-bond acceptors (Lipinski definition) is 6. The van der Waals surface area contributed by atoms with Crippen molar-refractivity contribution in [2.45, 2.75) is 6.54 Å².